The van der Waals surface area contributed by atoms with E-state index in [9.17, 15) is 0 Å². The molecule has 0 aromatic heterocycles. The topological polar surface area (TPSA) is 18.5 Å². The summed E-state index contributed by atoms with van der Waals surface area (Å²) in [6.07, 6.45) is 5.07. The van der Waals surface area contributed by atoms with E-state index in [0.29, 0.717) is 6.04 Å². The minimum absolute atomic E-state index is 0.684. The highest BCUT2D eigenvalue weighted by Crippen LogP contribution is 2.20. The molecule has 0 spiro atoms. The highest BCUT2D eigenvalue weighted by atomic mass is 32.1. The van der Waals surface area contributed by atoms with E-state index in [1.165, 1.54) is 25.7 Å². The molecule has 4 heteroatoms. The lowest BCUT2D eigenvalue weighted by atomic mass is 10.0. The Kier molecular flexibility index (Phi) is 3.46. The van der Waals surface area contributed by atoms with Crippen molar-refractivity contribution < 1.29 is 0 Å². The Labute approximate surface area is 97.8 Å². The molecule has 15 heavy (non-hydrogen) atoms. The van der Waals surface area contributed by atoms with Gasteiger partial charge < -0.3 is 15.1 Å². The van der Waals surface area contributed by atoms with Crippen LogP contribution in [0.3, 0.4) is 0 Å². The summed E-state index contributed by atoms with van der Waals surface area (Å²) in [7, 11) is 4.34. The number of likely N-dealkylation sites (tertiary alicyclic amines) is 1. The molecule has 0 amide bonds. The van der Waals surface area contributed by atoms with E-state index in [4.69, 9.17) is 12.2 Å². The van der Waals surface area contributed by atoms with Crippen LogP contribution in [0.15, 0.2) is 0 Å². The molecule has 1 saturated carbocycles. The first-order valence-electron chi connectivity index (χ1n) is 5.88. The third-order valence-electron chi connectivity index (χ3n) is 3.39. The van der Waals surface area contributed by atoms with Crippen molar-refractivity contribution in [3.8, 4) is 0 Å². The highest BCUT2D eigenvalue weighted by molar-refractivity contribution is 7.80. The molecule has 86 valence electrons. The van der Waals surface area contributed by atoms with Crippen LogP contribution in [0, 0.1) is 0 Å². The van der Waals surface area contributed by atoms with Gasteiger partial charge in [0.25, 0.3) is 0 Å². The number of piperidine rings is 1. The average molecular weight is 227 g/mol. The van der Waals surface area contributed by atoms with Crippen molar-refractivity contribution in [2.24, 2.45) is 0 Å². The fourth-order valence-corrected chi connectivity index (χ4v) is 2.43. The fraction of sp³-hybridized carbons (Fsp3) is 0.909. The average Bonchev–Trinajstić information content (AvgIpc) is 3.02. The second kappa shape index (κ2) is 4.66. The minimum atomic E-state index is 0.684. The van der Waals surface area contributed by atoms with Gasteiger partial charge in [0.1, 0.15) is 0 Å². The van der Waals surface area contributed by atoms with E-state index in [1.54, 1.807) is 0 Å². The third-order valence-corrected chi connectivity index (χ3v) is 3.76. The molecule has 2 aliphatic rings. The minimum Gasteiger partial charge on any atom is -0.360 e. The predicted molar refractivity (Wildman–Crippen MR) is 67.0 cm³/mol. The second-order valence-corrected chi connectivity index (χ2v) is 5.29. The van der Waals surface area contributed by atoms with Crippen molar-refractivity contribution in [3.63, 3.8) is 0 Å². The molecule has 2 fully saturated rings. The van der Waals surface area contributed by atoms with E-state index in [2.05, 4.69) is 29.2 Å². The van der Waals surface area contributed by atoms with E-state index in [1.807, 2.05) is 0 Å². The predicted octanol–water partition coefficient (Wildman–Crippen LogP) is 1.05. The van der Waals surface area contributed by atoms with Crippen molar-refractivity contribution in [1.82, 2.24) is 15.1 Å². The maximum Gasteiger partial charge on any atom is 0.169 e. The van der Waals surface area contributed by atoms with Crippen molar-refractivity contribution in [1.29, 1.82) is 0 Å². The third kappa shape index (κ3) is 3.05. The molecule has 2 rings (SSSR count). The second-order valence-electron chi connectivity index (χ2n) is 4.91. The number of hydrogen-bond acceptors (Lipinski definition) is 2. The number of nitrogens with zero attached hydrogens (tertiary/aromatic N) is 2. The van der Waals surface area contributed by atoms with Gasteiger partial charge >= 0.3 is 0 Å². The Morgan fingerprint density at radius 1 is 1.20 bits per heavy atom. The molecule has 3 nitrogen and oxygen atoms in total. The lowest BCUT2D eigenvalue weighted by Crippen LogP contribution is -2.48. The van der Waals surface area contributed by atoms with Crippen molar-refractivity contribution in [2.45, 2.75) is 37.8 Å². The lowest BCUT2D eigenvalue weighted by molar-refractivity contribution is 0.190. The Morgan fingerprint density at radius 3 is 2.27 bits per heavy atom. The van der Waals surface area contributed by atoms with Gasteiger partial charge in [-0.25, -0.2) is 0 Å². The molecule has 1 N–H and O–H groups in total. The van der Waals surface area contributed by atoms with Crippen LogP contribution >= 0.6 is 12.2 Å². The van der Waals surface area contributed by atoms with Gasteiger partial charge in [0.05, 0.1) is 0 Å². The van der Waals surface area contributed by atoms with Gasteiger partial charge in [-0.3, -0.25) is 0 Å². The number of thiocarbonyl (C=S) groups is 1. The summed E-state index contributed by atoms with van der Waals surface area (Å²) in [6.45, 7) is 2.22. The summed E-state index contributed by atoms with van der Waals surface area (Å²) in [5.74, 6) is 0. The Bertz CT molecular complexity index is 230. The molecule has 1 heterocycles. The SMILES string of the molecule is CN(C)C1CCN(C(=S)NC2CC2)CC1. The Balaban J connectivity index is 1.74. The van der Waals surface area contributed by atoms with Crippen molar-refractivity contribution in [2.75, 3.05) is 27.2 Å². The van der Waals surface area contributed by atoms with Crippen molar-refractivity contribution in [3.05, 3.63) is 0 Å². The summed E-state index contributed by atoms with van der Waals surface area (Å²) < 4.78 is 0. The van der Waals surface area contributed by atoms with Gasteiger partial charge in [0, 0.05) is 25.2 Å². The van der Waals surface area contributed by atoms with Crippen LogP contribution in [0.4, 0.5) is 0 Å². The normalized spacial score (nSPS) is 23.3. The summed E-state index contributed by atoms with van der Waals surface area (Å²) in [5, 5.41) is 4.39. The van der Waals surface area contributed by atoms with Crippen molar-refractivity contribution >= 4 is 17.3 Å². The van der Waals surface area contributed by atoms with Crippen LogP contribution in [0.25, 0.3) is 0 Å². The van der Waals surface area contributed by atoms with Gasteiger partial charge in [-0.2, -0.15) is 0 Å². The quantitative estimate of drug-likeness (QED) is 0.711. The van der Waals surface area contributed by atoms with Crippen LogP contribution in [0.1, 0.15) is 25.7 Å². The zero-order valence-corrected chi connectivity index (χ0v) is 10.5. The Morgan fingerprint density at radius 2 is 1.80 bits per heavy atom. The molecule has 0 bridgehead atoms. The largest absolute Gasteiger partial charge is 0.360 e. The molecular formula is C11H21N3S. The van der Waals surface area contributed by atoms with Gasteiger partial charge in [0.15, 0.2) is 5.11 Å². The van der Waals surface area contributed by atoms with Gasteiger partial charge in [0.2, 0.25) is 0 Å². The molecule has 1 aliphatic carbocycles. The maximum atomic E-state index is 5.40. The lowest BCUT2D eigenvalue weighted by Gasteiger charge is -2.36. The summed E-state index contributed by atoms with van der Waals surface area (Å²) >= 11 is 5.40. The number of hydrogen-bond donors (Lipinski definition) is 1. The van der Waals surface area contributed by atoms with Gasteiger partial charge in [-0.05, 0) is 52.0 Å². The Hall–Kier alpha value is -0.350. The fourth-order valence-electron chi connectivity index (χ4n) is 2.08. The molecule has 1 saturated heterocycles. The summed E-state index contributed by atoms with van der Waals surface area (Å²) in [4.78, 5) is 4.66. The first-order valence-corrected chi connectivity index (χ1v) is 6.29. The smallest absolute Gasteiger partial charge is 0.169 e. The van der Waals surface area contributed by atoms with E-state index in [0.717, 1.165) is 24.2 Å². The van der Waals surface area contributed by atoms with E-state index < -0.39 is 0 Å². The summed E-state index contributed by atoms with van der Waals surface area (Å²) in [5.41, 5.74) is 0. The number of rotatable bonds is 2. The van der Waals surface area contributed by atoms with E-state index >= 15 is 0 Å². The molecular weight excluding hydrogens is 206 g/mol. The summed E-state index contributed by atoms with van der Waals surface area (Å²) in [6, 6.07) is 1.43. The molecule has 0 unspecified atom stereocenters. The van der Waals surface area contributed by atoms with Gasteiger partial charge in [-0.1, -0.05) is 0 Å². The number of nitrogens with one attached hydrogen (secondary N) is 1. The zero-order chi connectivity index (χ0) is 10.8. The van der Waals surface area contributed by atoms with Crippen LogP contribution in [0.5, 0.6) is 0 Å². The van der Waals surface area contributed by atoms with Crippen LogP contribution in [0.2, 0.25) is 0 Å². The van der Waals surface area contributed by atoms with Crippen LogP contribution in [-0.2, 0) is 0 Å². The first kappa shape index (κ1) is 11.1. The zero-order valence-electron chi connectivity index (χ0n) is 9.70. The maximum absolute atomic E-state index is 5.40. The van der Waals surface area contributed by atoms with E-state index in [-0.39, 0.29) is 0 Å². The molecule has 0 aromatic rings. The molecule has 0 atom stereocenters. The standard InChI is InChI=1S/C11H21N3S/c1-13(2)10-5-7-14(8-6-10)11(15)12-9-3-4-9/h9-10H,3-8H2,1-2H3,(H,12,15). The van der Waals surface area contributed by atoms with Crippen LogP contribution in [-0.4, -0.2) is 54.2 Å². The first-order chi connectivity index (χ1) is 7.16. The van der Waals surface area contributed by atoms with Gasteiger partial charge in [-0.15, -0.1) is 0 Å². The monoisotopic (exact) mass is 227 g/mol. The highest BCUT2D eigenvalue weighted by Gasteiger charge is 2.26. The molecule has 0 radical (unpaired) electrons. The molecule has 1 aliphatic heterocycles. The van der Waals surface area contributed by atoms with Crippen LogP contribution < -0.4 is 5.32 Å². The molecule has 0 aromatic carbocycles.